The molecule has 61 heavy (non-hydrogen) atoms. The van der Waals surface area contributed by atoms with E-state index in [-0.39, 0.29) is 0 Å². The molecule has 0 N–H and O–H groups in total. The summed E-state index contributed by atoms with van der Waals surface area (Å²) in [6.07, 6.45) is 0. The molecule has 0 radical (unpaired) electrons. The molecule has 10 aromatic carbocycles. The summed E-state index contributed by atoms with van der Waals surface area (Å²) in [5.74, 6) is 1.66. The summed E-state index contributed by atoms with van der Waals surface area (Å²) < 4.78 is 7.12. The largest absolute Gasteiger partial charge is 0.454 e. The van der Waals surface area contributed by atoms with Gasteiger partial charge >= 0.3 is 0 Å². The average molecular weight is 781 g/mol. The molecular weight excluding hydrogens is 741 g/mol. The first-order valence-electron chi connectivity index (χ1n) is 20.7. The highest BCUT2D eigenvalue weighted by molar-refractivity contribution is 6.08. The molecule has 0 amide bonds. The van der Waals surface area contributed by atoms with Gasteiger partial charge in [0.25, 0.3) is 0 Å². The number of para-hydroxylation sites is 2. The molecule has 0 atom stereocenters. The van der Waals surface area contributed by atoms with E-state index in [1.807, 2.05) is 0 Å². The van der Waals surface area contributed by atoms with Crippen LogP contribution < -0.4 is 14.5 Å². The van der Waals surface area contributed by atoms with Crippen LogP contribution in [0.5, 0.6) is 11.5 Å². The Kier molecular flexibility index (Phi) is 9.18. The van der Waals surface area contributed by atoms with E-state index < -0.39 is 0 Å². The standard InChI is InChI=1S/C58H40N2O/c1-5-14-41(15-6-1)43-24-26-44(27-25-43)46-30-35-51(36-31-46)60(50-33-28-45(29-34-50)42-16-7-2-8-17-42)55-38-32-47-18-13-23-53-54-40-52(37-39-56(54)61-58(55)57(47)53)59(48-19-9-3-10-20-48)49-21-11-4-12-22-49/h1-40H. The van der Waals surface area contributed by atoms with Gasteiger partial charge in [-0.05, 0) is 117 Å². The van der Waals surface area contributed by atoms with E-state index in [0.29, 0.717) is 0 Å². The predicted molar refractivity (Wildman–Crippen MR) is 255 cm³/mol. The van der Waals surface area contributed by atoms with Crippen molar-refractivity contribution in [2.75, 3.05) is 9.80 Å². The van der Waals surface area contributed by atoms with E-state index in [1.165, 1.54) is 27.8 Å². The van der Waals surface area contributed by atoms with Gasteiger partial charge in [0.05, 0.1) is 5.69 Å². The summed E-state index contributed by atoms with van der Waals surface area (Å²) in [4.78, 5) is 4.63. The zero-order valence-electron chi connectivity index (χ0n) is 33.4. The van der Waals surface area contributed by atoms with Gasteiger partial charge in [-0.1, -0.05) is 170 Å². The van der Waals surface area contributed by atoms with Crippen molar-refractivity contribution in [2.45, 2.75) is 0 Å². The van der Waals surface area contributed by atoms with Crippen LogP contribution in [0.4, 0.5) is 34.1 Å². The Bertz CT molecular complexity index is 3070. The minimum atomic E-state index is 0.825. The minimum absolute atomic E-state index is 0.825. The van der Waals surface area contributed by atoms with E-state index >= 15 is 0 Å². The summed E-state index contributed by atoms with van der Waals surface area (Å²) >= 11 is 0. The molecule has 0 saturated carbocycles. The monoisotopic (exact) mass is 780 g/mol. The van der Waals surface area contributed by atoms with Crippen molar-refractivity contribution in [3.63, 3.8) is 0 Å². The predicted octanol–water partition coefficient (Wildman–Crippen LogP) is 16.6. The van der Waals surface area contributed by atoms with Crippen LogP contribution in [0, 0.1) is 0 Å². The molecule has 3 nitrogen and oxygen atoms in total. The molecule has 0 saturated heterocycles. The SMILES string of the molecule is c1ccc(-c2ccc(-c3ccc(N(c4ccc(-c5ccccc5)cc4)c4ccc5cccc6c5c4Oc4ccc(N(c5ccccc5)c5ccccc5)cc4-6)cc3)cc2)cc1. The maximum atomic E-state index is 7.12. The number of anilines is 6. The maximum Gasteiger partial charge on any atom is 0.159 e. The molecule has 0 aliphatic carbocycles. The second-order valence-electron chi connectivity index (χ2n) is 15.3. The topological polar surface area (TPSA) is 15.7 Å². The lowest BCUT2D eigenvalue weighted by atomic mass is 9.93. The molecule has 10 aromatic rings. The molecule has 1 heterocycles. The first-order chi connectivity index (χ1) is 30.2. The van der Waals surface area contributed by atoms with Crippen LogP contribution in [0.3, 0.4) is 0 Å². The number of rotatable bonds is 9. The van der Waals surface area contributed by atoms with Gasteiger partial charge in [0, 0.05) is 39.4 Å². The van der Waals surface area contributed by atoms with Gasteiger partial charge in [-0.3, -0.25) is 0 Å². The van der Waals surface area contributed by atoms with Gasteiger partial charge in [-0.15, -0.1) is 0 Å². The van der Waals surface area contributed by atoms with Crippen molar-refractivity contribution in [2.24, 2.45) is 0 Å². The average Bonchev–Trinajstić information content (AvgIpc) is 3.34. The number of hydrogen-bond donors (Lipinski definition) is 0. The molecule has 0 aromatic heterocycles. The number of fused-ring (bicyclic) bond motifs is 2. The van der Waals surface area contributed by atoms with Crippen LogP contribution in [0.1, 0.15) is 0 Å². The van der Waals surface area contributed by atoms with Crippen molar-refractivity contribution in [1.82, 2.24) is 0 Å². The van der Waals surface area contributed by atoms with Crippen molar-refractivity contribution in [3.8, 4) is 56.0 Å². The zero-order chi connectivity index (χ0) is 40.5. The van der Waals surface area contributed by atoms with Crippen LogP contribution >= 0.6 is 0 Å². The van der Waals surface area contributed by atoms with E-state index in [4.69, 9.17) is 4.74 Å². The minimum Gasteiger partial charge on any atom is -0.454 e. The third-order valence-electron chi connectivity index (χ3n) is 11.7. The number of hydrogen-bond acceptors (Lipinski definition) is 3. The number of ether oxygens (including phenoxy) is 1. The van der Waals surface area contributed by atoms with Crippen molar-refractivity contribution < 1.29 is 4.74 Å². The van der Waals surface area contributed by atoms with Crippen LogP contribution in [0.15, 0.2) is 243 Å². The summed E-state index contributed by atoms with van der Waals surface area (Å²) in [6.45, 7) is 0. The Morgan fingerprint density at radius 3 is 1.21 bits per heavy atom. The van der Waals surface area contributed by atoms with Crippen LogP contribution in [-0.4, -0.2) is 0 Å². The Labute approximate surface area is 356 Å². The number of nitrogens with zero attached hydrogens (tertiary/aromatic N) is 2. The van der Waals surface area contributed by atoms with Crippen molar-refractivity contribution in [1.29, 1.82) is 0 Å². The lowest BCUT2D eigenvalue weighted by Gasteiger charge is -2.31. The van der Waals surface area contributed by atoms with Crippen LogP contribution in [0.25, 0.3) is 55.3 Å². The third kappa shape index (κ3) is 6.78. The molecule has 11 rings (SSSR count). The van der Waals surface area contributed by atoms with E-state index in [0.717, 1.165) is 73.1 Å². The van der Waals surface area contributed by atoms with Gasteiger partial charge < -0.3 is 14.5 Å². The highest BCUT2D eigenvalue weighted by Crippen LogP contribution is 2.54. The van der Waals surface area contributed by atoms with Gasteiger partial charge in [-0.25, -0.2) is 0 Å². The molecular formula is C58H40N2O. The second-order valence-corrected chi connectivity index (χ2v) is 15.3. The van der Waals surface area contributed by atoms with Gasteiger partial charge in [0.15, 0.2) is 5.75 Å². The molecule has 0 spiro atoms. The molecule has 0 fully saturated rings. The molecule has 288 valence electrons. The zero-order valence-corrected chi connectivity index (χ0v) is 33.4. The summed E-state index contributed by atoms with van der Waals surface area (Å²) in [6, 6.07) is 86.3. The highest BCUT2D eigenvalue weighted by atomic mass is 16.5. The smallest absolute Gasteiger partial charge is 0.159 e. The second kappa shape index (κ2) is 15.6. The fourth-order valence-corrected chi connectivity index (χ4v) is 8.66. The lowest BCUT2D eigenvalue weighted by Crippen LogP contribution is -2.13. The quantitative estimate of drug-likeness (QED) is 0.145. The first kappa shape index (κ1) is 36.0. The van der Waals surface area contributed by atoms with E-state index in [1.54, 1.807) is 0 Å². The lowest BCUT2D eigenvalue weighted by molar-refractivity contribution is 0.488. The molecule has 0 unspecified atom stereocenters. The summed E-state index contributed by atoms with van der Waals surface area (Å²) in [5.41, 5.74) is 15.6. The Hall–Kier alpha value is -8.14. The van der Waals surface area contributed by atoms with Gasteiger partial charge in [0.2, 0.25) is 0 Å². The molecule has 3 heteroatoms. The van der Waals surface area contributed by atoms with Gasteiger partial charge in [0.1, 0.15) is 5.75 Å². The highest BCUT2D eigenvalue weighted by Gasteiger charge is 2.27. The number of benzene rings is 10. The molecule has 1 aliphatic heterocycles. The van der Waals surface area contributed by atoms with Crippen molar-refractivity contribution in [3.05, 3.63) is 243 Å². The summed E-state index contributed by atoms with van der Waals surface area (Å²) in [7, 11) is 0. The Morgan fingerprint density at radius 2 is 0.705 bits per heavy atom. The molecule has 1 aliphatic rings. The maximum absolute atomic E-state index is 7.12. The molecule has 0 bridgehead atoms. The van der Waals surface area contributed by atoms with Crippen LogP contribution in [0.2, 0.25) is 0 Å². The van der Waals surface area contributed by atoms with E-state index in [2.05, 4.69) is 252 Å². The third-order valence-corrected chi connectivity index (χ3v) is 11.7. The normalized spacial score (nSPS) is 11.4. The Morgan fingerprint density at radius 1 is 0.279 bits per heavy atom. The van der Waals surface area contributed by atoms with Crippen molar-refractivity contribution >= 4 is 44.9 Å². The van der Waals surface area contributed by atoms with Gasteiger partial charge in [-0.2, -0.15) is 0 Å². The summed E-state index contributed by atoms with van der Waals surface area (Å²) in [5, 5.41) is 2.22. The van der Waals surface area contributed by atoms with Crippen LogP contribution in [-0.2, 0) is 0 Å². The fraction of sp³-hybridized carbons (Fsp3) is 0. The van der Waals surface area contributed by atoms with E-state index in [9.17, 15) is 0 Å². The Balaban J connectivity index is 1.03. The fourth-order valence-electron chi connectivity index (χ4n) is 8.66. The first-order valence-corrected chi connectivity index (χ1v) is 20.7.